The number of aliphatic carboxylic acids is 1. The van der Waals surface area contributed by atoms with Gasteiger partial charge in [0.2, 0.25) is 5.91 Å². The molecule has 1 rings (SSSR count). The van der Waals surface area contributed by atoms with Gasteiger partial charge >= 0.3 is 5.97 Å². The molecule has 1 aromatic rings. The minimum atomic E-state index is -1.43. The molecule has 1 atom stereocenters. The lowest BCUT2D eigenvalue weighted by Gasteiger charge is -2.21. The maximum Gasteiger partial charge on any atom is 0.306 e. The molecular formula is C15H21NO4. The summed E-state index contributed by atoms with van der Waals surface area (Å²) in [6.45, 7) is 3.32. The highest BCUT2D eigenvalue weighted by molar-refractivity contribution is 5.76. The van der Waals surface area contributed by atoms with Crippen LogP contribution >= 0.6 is 0 Å². The van der Waals surface area contributed by atoms with Crippen molar-refractivity contribution in [1.82, 2.24) is 5.32 Å². The van der Waals surface area contributed by atoms with E-state index in [1.165, 1.54) is 6.92 Å². The zero-order chi connectivity index (χ0) is 15.2. The molecule has 3 N–H and O–H groups in total. The second kappa shape index (κ2) is 7.05. The lowest BCUT2D eigenvalue weighted by Crippen LogP contribution is -2.42. The van der Waals surface area contributed by atoms with Crippen molar-refractivity contribution in [2.75, 3.05) is 6.54 Å². The maximum atomic E-state index is 11.7. The summed E-state index contributed by atoms with van der Waals surface area (Å²) >= 11 is 0. The predicted octanol–water partition coefficient (Wildman–Crippen LogP) is 1.27. The molecule has 0 aromatic heterocycles. The van der Waals surface area contributed by atoms with E-state index < -0.39 is 18.0 Å². The van der Waals surface area contributed by atoms with E-state index in [4.69, 9.17) is 5.11 Å². The number of hydrogen-bond acceptors (Lipinski definition) is 3. The fourth-order valence-electron chi connectivity index (χ4n) is 1.90. The molecule has 0 aliphatic rings. The smallest absolute Gasteiger partial charge is 0.306 e. The molecule has 0 saturated heterocycles. The standard InChI is InChI=1S/C15H21NO4/c1-11-5-3-4-6-12(11)7-8-13(17)16-10-15(2,20)9-14(18)19/h3-6,20H,7-10H2,1-2H3,(H,16,17)(H,18,19). The predicted molar refractivity (Wildman–Crippen MR) is 75.4 cm³/mol. The van der Waals surface area contributed by atoms with Crippen LogP contribution < -0.4 is 5.32 Å². The number of aryl methyl sites for hydroxylation is 2. The van der Waals surface area contributed by atoms with Gasteiger partial charge in [-0.3, -0.25) is 9.59 Å². The highest BCUT2D eigenvalue weighted by atomic mass is 16.4. The molecule has 1 aromatic carbocycles. The van der Waals surface area contributed by atoms with Gasteiger partial charge in [0.15, 0.2) is 0 Å². The summed E-state index contributed by atoms with van der Waals surface area (Å²) in [5.41, 5.74) is 0.822. The molecule has 1 unspecified atom stereocenters. The van der Waals surface area contributed by atoms with Crippen LogP contribution in [0.2, 0.25) is 0 Å². The number of carbonyl (C=O) groups is 2. The number of carboxylic acids is 1. The Hall–Kier alpha value is -1.88. The Labute approximate surface area is 118 Å². The van der Waals surface area contributed by atoms with Crippen molar-refractivity contribution in [3.63, 3.8) is 0 Å². The van der Waals surface area contributed by atoms with Gasteiger partial charge in [-0.1, -0.05) is 24.3 Å². The van der Waals surface area contributed by atoms with Crippen LogP contribution in [-0.4, -0.2) is 34.2 Å². The monoisotopic (exact) mass is 279 g/mol. The van der Waals surface area contributed by atoms with Crippen LogP contribution in [0, 0.1) is 6.92 Å². The highest BCUT2D eigenvalue weighted by Gasteiger charge is 2.24. The first-order valence-corrected chi connectivity index (χ1v) is 6.55. The third-order valence-electron chi connectivity index (χ3n) is 3.08. The van der Waals surface area contributed by atoms with Crippen LogP contribution in [0.25, 0.3) is 0 Å². The Morgan fingerprint density at radius 1 is 1.30 bits per heavy atom. The second-order valence-corrected chi connectivity index (χ2v) is 5.27. The van der Waals surface area contributed by atoms with Gasteiger partial charge in [0.05, 0.1) is 12.0 Å². The molecule has 5 nitrogen and oxygen atoms in total. The van der Waals surface area contributed by atoms with E-state index in [0.29, 0.717) is 12.8 Å². The van der Waals surface area contributed by atoms with E-state index in [1.54, 1.807) is 0 Å². The molecule has 0 saturated carbocycles. The zero-order valence-corrected chi connectivity index (χ0v) is 11.8. The van der Waals surface area contributed by atoms with Gasteiger partial charge in [-0.2, -0.15) is 0 Å². The number of rotatable bonds is 7. The summed E-state index contributed by atoms with van der Waals surface area (Å²) in [6, 6.07) is 7.84. The van der Waals surface area contributed by atoms with Crippen LogP contribution in [0.4, 0.5) is 0 Å². The molecule has 0 bridgehead atoms. The first-order valence-electron chi connectivity index (χ1n) is 6.55. The van der Waals surface area contributed by atoms with Crippen LogP contribution in [0.15, 0.2) is 24.3 Å². The van der Waals surface area contributed by atoms with Gasteiger partial charge in [0, 0.05) is 13.0 Å². The topological polar surface area (TPSA) is 86.6 Å². The molecule has 5 heteroatoms. The van der Waals surface area contributed by atoms with Crippen molar-refractivity contribution >= 4 is 11.9 Å². The first kappa shape index (κ1) is 16.2. The molecule has 0 spiro atoms. The number of aliphatic hydroxyl groups is 1. The van der Waals surface area contributed by atoms with E-state index in [9.17, 15) is 14.7 Å². The van der Waals surface area contributed by atoms with Crippen molar-refractivity contribution < 1.29 is 19.8 Å². The average Bonchev–Trinajstić information content (AvgIpc) is 2.34. The van der Waals surface area contributed by atoms with Gasteiger partial charge < -0.3 is 15.5 Å². The Morgan fingerprint density at radius 2 is 1.95 bits per heavy atom. The SMILES string of the molecule is Cc1ccccc1CCC(=O)NCC(C)(O)CC(=O)O. The Balaban J connectivity index is 2.38. The number of amides is 1. The summed E-state index contributed by atoms with van der Waals surface area (Å²) in [5.74, 6) is -1.29. The number of benzene rings is 1. The van der Waals surface area contributed by atoms with Gasteiger partial charge in [0.25, 0.3) is 0 Å². The van der Waals surface area contributed by atoms with Crippen molar-refractivity contribution in [2.45, 2.75) is 38.7 Å². The summed E-state index contributed by atoms with van der Waals surface area (Å²) in [4.78, 5) is 22.2. The van der Waals surface area contributed by atoms with Gasteiger partial charge in [-0.15, -0.1) is 0 Å². The normalized spacial score (nSPS) is 13.6. The zero-order valence-electron chi connectivity index (χ0n) is 11.8. The molecule has 0 aliphatic carbocycles. The quantitative estimate of drug-likeness (QED) is 0.701. The van der Waals surface area contributed by atoms with E-state index in [0.717, 1.165) is 11.1 Å². The molecule has 110 valence electrons. The van der Waals surface area contributed by atoms with Gasteiger partial charge in [0.1, 0.15) is 0 Å². The molecule has 0 aliphatic heterocycles. The van der Waals surface area contributed by atoms with E-state index >= 15 is 0 Å². The molecule has 1 amide bonds. The summed E-state index contributed by atoms with van der Waals surface area (Å²) in [6.07, 6.45) is 0.540. The van der Waals surface area contributed by atoms with Gasteiger partial charge in [-0.25, -0.2) is 0 Å². The molecule has 0 heterocycles. The van der Waals surface area contributed by atoms with Crippen LogP contribution in [0.5, 0.6) is 0 Å². The third-order valence-corrected chi connectivity index (χ3v) is 3.08. The number of nitrogens with one attached hydrogen (secondary N) is 1. The maximum absolute atomic E-state index is 11.7. The van der Waals surface area contributed by atoms with Crippen LogP contribution in [0.3, 0.4) is 0 Å². The minimum Gasteiger partial charge on any atom is -0.481 e. The summed E-state index contributed by atoms with van der Waals surface area (Å²) < 4.78 is 0. The number of carboxylic acid groups (broad SMARTS) is 1. The van der Waals surface area contributed by atoms with Crippen molar-refractivity contribution in [3.8, 4) is 0 Å². The van der Waals surface area contributed by atoms with Crippen molar-refractivity contribution in [2.24, 2.45) is 0 Å². The van der Waals surface area contributed by atoms with Gasteiger partial charge in [-0.05, 0) is 31.4 Å². The summed E-state index contributed by atoms with van der Waals surface area (Å²) in [5, 5.41) is 21.0. The minimum absolute atomic E-state index is 0.0636. The lowest BCUT2D eigenvalue weighted by molar-refractivity contribution is -0.142. The molecule has 0 radical (unpaired) electrons. The molecule has 20 heavy (non-hydrogen) atoms. The van der Waals surface area contributed by atoms with Crippen molar-refractivity contribution in [1.29, 1.82) is 0 Å². The largest absolute Gasteiger partial charge is 0.481 e. The van der Waals surface area contributed by atoms with Crippen LogP contribution in [0.1, 0.15) is 30.9 Å². The fourth-order valence-corrected chi connectivity index (χ4v) is 1.90. The fraction of sp³-hybridized carbons (Fsp3) is 0.467. The summed E-state index contributed by atoms with van der Waals surface area (Å²) in [7, 11) is 0. The van der Waals surface area contributed by atoms with E-state index in [-0.39, 0.29) is 12.5 Å². The van der Waals surface area contributed by atoms with Crippen molar-refractivity contribution in [3.05, 3.63) is 35.4 Å². The Bertz CT molecular complexity index is 483. The third kappa shape index (κ3) is 5.84. The van der Waals surface area contributed by atoms with Crippen LogP contribution in [-0.2, 0) is 16.0 Å². The Morgan fingerprint density at radius 3 is 2.55 bits per heavy atom. The number of hydrogen-bond donors (Lipinski definition) is 3. The number of carbonyl (C=O) groups excluding carboxylic acids is 1. The first-order chi connectivity index (χ1) is 9.30. The average molecular weight is 279 g/mol. The highest BCUT2D eigenvalue weighted by Crippen LogP contribution is 2.10. The Kier molecular flexibility index (Phi) is 5.70. The van der Waals surface area contributed by atoms with E-state index in [1.807, 2.05) is 31.2 Å². The second-order valence-electron chi connectivity index (χ2n) is 5.27. The molecule has 0 fully saturated rings. The van der Waals surface area contributed by atoms with E-state index in [2.05, 4.69) is 5.32 Å². The lowest BCUT2D eigenvalue weighted by atomic mass is 10.0. The molecular weight excluding hydrogens is 258 g/mol.